The smallest absolute Gasteiger partial charge is 0.435 e. The SMILES string of the molecule is COc1ccccc1-c1nc(C(F)(F)F)c(C(=O)NCCc2cccc(Br)c2)s1. The second-order valence-electron chi connectivity index (χ2n) is 6.03. The summed E-state index contributed by atoms with van der Waals surface area (Å²) < 4.78 is 46.5. The Hall–Kier alpha value is -2.39. The summed E-state index contributed by atoms with van der Waals surface area (Å²) in [7, 11) is 1.42. The molecule has 3 aromatic rings. The van der Waals surface area contributed by atoms with Gasteiger partial charge in [-0.05, 0) is 36.2 Å². The van der Waals surface area contributed by atoms with Gasteiger partial charge in [-0.25, -0.2) is 4.98 Å². The monoisotopic (exact) mass is 484 g/mol. The van der Waals surface area contributed by atoms with Crippen molar-refractivity contribution in [3.05, 3.63) is 69.1 Å². The highest BCUT2D eigenvalue weighted by Crippen LogP contribution is 2.40. The van der Waals surface area contributed by atoms with Gasteiger partial charge in [0.05, 0.1) is 12.7 Å². The fraction of sp³-hybridized carbons (Fsp3) is 0.200. The normalized spacial score (nSPS) is 11.3. The third-order valence-corrected chi connectivity index (χ3v) is 5.61. The van der Waals surface area contributed by atoms with Crippen molar-refractivity contribution >= 4 is 33.2 Å². The minimum absolute atomic E-state index is 0.0758. The van der Waals surface area contributed by atoms with Crippen LogP contribution in [0.15, 0.2) is 53.0 Å². The average molecular weight is 485 g/mol. The number of nitrogens with one attached hydrogen (secondary N) is 1. The maximum atomic E-state index is 13.5. The molecule has 0 aliphatic carbocycles. The first-order valence-electron chi connectivity index (χ1n) is 8.53. The molecule has 0 unspecified atom stereocenters. The number of nitrogens with zero attached hydrogens (tertiary/aromatic N) is 1. The Kier molecular flexibility index (Phi) is 6.59. The van der Waals surface area contributed by atoms with E-state index in [0.29, 0.717) is 29.1 Å². The Balaban J connectivity index is 1.83. The lowest BCUT2D eigenvalue weighted by molar-refractivity contribution is -0.141. The Labute approximate surface area is 177 Å². The second kappa shape index (κ2) is 8.96. The first-order chi connectivity index (χ1) is 13.8. The van der Waals surface area contributed by atoms with Gasteiger partial charge in [0.25, 0.3) is 5.91 Å². The lowest BCUT2D eigenvalue weighted by Crippen LogP contribution is -2.27. The van der Waals surface area contributed by atoms with Crippen molar-refractivity contribution in [2.45, 2.75) is 12.6 Å². The lowest BCUT2D eigenvalue weighted by atomic mass is 10.1. The molecular weight excluding hydrogens is 469 g/mol. The van der Waals surface area contributed by atoms with E-state index in [2.05, 4.69) is 26.2 Å². The highest BCUT2D eigenvalue weighted by molar-refractivity contribution is 9.10. The number of methoxy groups -OCH3 is 1. The molecule has 0 saturated carbocycles. The number of halogens is 4. The predicted octanol–water partition coefficient (Wildman–Crippen LogP) is 5.57. The number of hydrogen-bond acceptors (Lipinski definition) is 4. The number of aromatic nitrogens is 1. The number of carbonyl (C=O) groups is 1. The van der Waals surface area contributed by atoms with Gasteiger partial charge >= 0.3 is 6.18 Å². The Morgan fingerprint density at radius 1 is 1.21 bits per heavy atom. The molecule has 0 saturated heterocycles. The van der Waals surface area contributed by atoms with Crippen LogP contribution in [-0.2, 0) is 12.6 Å². The molecule has 3 rings (SSSR count). The van der Waals surface area contributed by atoms with Gasteiger partial charge < -0.3 is 10.1 Å². The molecule has 0 atom stereocenters. The standard InChI is InChI=1S/C20H16BrF3N2O2S/c1-28-15-8-3-2-7-14(15)19-26-17(20(22,23)24)16(29-19)18(27)25-10-9-12-5-4-6-13(21)11-12/h2-8,11H,9-10H2,1H3,(H,25,27). The molecular formula is C20H16BrF3N2O2S. The van der Waals surface area contributed by atoms with Crippen LogP contribution in [0.1, 0.15) is 20.9 Å². The fourth-order valence-electron chi connectivity index (χ4n) is 2.70. The maximum Gasteiger partial charge on any atom is 0.435 e. The Morgan fingerprint density at radius 3 is 2.66 bits per heavy atom. The van der Waals surface area contributed by atoms with Crippen molar-refractivity contribution in [3.63, 3.8) is 0 Å². The van der Waals surface area contributed by atoms with E-state index in [-0.39, 0.29) is 11.6 Å². The van der Waals surface area contributed by atoms with E-state index in [9.17, 15) is 18.0 Å². The predicted molar refractivity (Wildman–Crippen MR) is 109 cm³/mol. The minimum atomic E-state index is -4.74. The first kappa shape index (κ1) is 21.3. The van der Waals surface area contributed by atoms with Gasteiger partial charge in [0.2, 0.25) is 0 Å². The molecule has 1 heterocycles. The van der Waals surface area contributed by atoms with E-state index in [1.807, 2.05) is 24.3 Å². The van der Waals surface area contributed by atoms with Crippen LogP contribution in [0.25, 0.3) is 10.6 Å². The summed E-state index contributed by atoms with van der Waals surface area (Å²) in [5, 5.41) is 2.63. The number of amides is 1. The molecule has 29 heavy (non-hydrogen) atoms. The number of hydrogen-bond donors (Lipinski definition) is 1. The Bertz CT molecular complexity index is 1020. The van der Waals surface area contributed by atoms with Crippen molar-refractivity contribution in [2.24, 2.45) is 0 Å². The average Bonchev–Trinajstić information content (AvgIpc) is 3.14. The zero-order chi connectivity index (χ0) is 21.0. The molecule has 0 fully saturated rings. The highest BCUT2D eigenvalue weighted by atomic mass is 79.9. The highest BCUT2D eigenvalue weighted by Gasteiger charge is 2.40. The zero-order valence-electron chi connectivity index (χ0n) is 15.2. The summed E-state index contributed by atoms with van der Waals surface area (Å²) in [6.07, 6.45) is -4.25. The molecule has 1 amide bonds. The molecule has 0 bridgehead atoms. The third-order valence-electron chi connectivity index (χ3n) is 4.03. The molecule has 0 spiro atoms. The van der Waals surface area contributed by atoms with Crippen LogP contribution in [0.5, 0.6) is 5.75 Å². The number of rotatable bonds is 6. The third kappa shape index (κ3) is 5.16. The largest absolute Gasteiger partial charge is 0.496 e. The summed E-state index contributed by atoms with van der Waals surface area (Å²) in [6, 6.07) is 14.1. The van der Waals surface area contributed by atoms with E-state index in [4.69, 9.17) is 4.74 Å². The van der Waals surface area contributed by atoms with Crippen LogP contribution in [-0.4, -0.2) is 24.5 Å². The van der Waals surface area contributed by atoms with Crippen LogP contribution in [0.4, 0.5) is 13.2 Å². The van der Waals surface area contributed by atoms with Crippen molar-refractivity contribution in [1.82, 2.24) is 10.3 Å². The van der Waals surface area contributed by atoms with Crippen molar-refractivity contribution in [2.75, 3.05) is 13.7 Å². The zero-order valence-corrected chi connectivity index (χ0v) is 17.6. The van der Waals surface area contributed by atoms with Gasteiger partial charge in [-0.2, -0.15) is 13.2 Å². The molecule has 0 aliphatic heterocycles. The van der Waals surface area contributed by atoms with Gasteiger partial charge in [0.1, 0.15) is 15.6 Å². The van der Waals surface area contributed by atoms with Crippen LogP contribution >= 0.6 is 27.3 Å². The topological polar surface area (TPSA) is 51.2 Å². The Morgan fingerprint density at radius 2 is 1.97 bits per heavy atom. The number of carbonyl (C=O) groups excluding carboxylic acids is 1. The summed E-state index contributed by atoms with van der Waals surface area (Å²) in [5.41, 5.74) is 0.164. The molecule has 2 aromatic carbocycles. The fourth-order valence-corrected chi connectivity index (χ4v) is 4.17. The number of alkyl halides is 3. The van der Waals surface area contributed by atoms with Gasteiger partial charge in [0.15, 0.2) is 5.69 Å². The van der Waals surface area contributed by atoms with Gasteiger partial charge in [-0.15, -0.1) is 11.3 Å². The number of para-hydroxylation sites is 1. The number of benzene rings is 2. The molecule has 4 nitrogen and oxygen atoms in total. The van der Waals surface area contributed by atoms with E-state index in [1.165, 1.54) is 7.11 Å². The number of ether oxygens (including phenoxy) is 1. The van der Waals surface area contributed by atoms with E-state index in [1.54, 1.807) is 24.3 Å². The van der Waals surface area contributed by atoms with Gasteiger partial charge in [-0.3, -0.25) is 4.79 Å². The van der Waals surface area contributed by atoms with E-state index in [0.717, 1.165) is 10.0 Å². The lowest BCUT2D eigenvalue weighted by Gasteiger charge is -2.07. The summed E-state index contributed by atoms with van der Waals surface area (Å²) >= 11 is 4.05. The summed E-state index contributed by atoms with van der Waals surface area (Å²) in [5.74, 6) is -0.414. The van der Waals surface area contributed by atoms with Crippen LogP contribution in [0.2, 0.25) is 0 Å². The summed E-state index contributed by atoms with van der Waals surface area (Å²) in [6.45, 7) is 0.203. The maximum absolute atomic E-state index is 13.5. The van der Waals surface area contributed by atoms with E-state index >= 15 is 0 Å². The molecule has 9 heteroatoms. The molecule has 0 radical (unpaired) electrons. The molecule has 1 aromatic heterocycles. The van der Waals surface area contributed by atoms with Crippen LogP contribution < -0.4 is 10.1 Å². The second-order valence-corrected chi connectivity index (χ2v) is 7.95. The molecule has 152 valence electrons. The van der Waals surface area contributed by atoms with E-state index < -0.39 is 22.7 Å². The first-order valence-corrected chi connectivity index (χ1v) is 10.1. The van der Waals surface area contributed by atoms with Gasteiger partial charge in [0, 0.05) is 11.0 Å². The minimum Gasteiger partial charge on any atom is -0.496 e. The number of thiazole rings is 1. The molecule has 0 aliphatic rings. The van der Waals surface area contributed by atoms with Crippen LogP contribution in [0.3, 0.4) is 0 Å². The van der Waals surface area contributed by atoms with Crippen molar-refractivity contribution < 1.29 is 22.7 Å². The molecule has 1 N–H and O–H groups in total. The van der Waals surface area contributed by atoms with Crippen molar-refractivity contribution in [3.8, 4) is 16.3 Å². The van der Waals surface area contributed by atoms with Crippen molar-refractivity contribution in [1.29, 1.82) is 0 Å². The summed E-state index contributed by atoms with van der Waals surface area (Å²) in [4.78, 5) is 15.7. The van der Waals surface area contributed by atoms with Crippen LogP contribution in [0, 0.1) is 0 Å². The van der Waals surface area contributed by atoms with Gasteiger partial charge in [-0.1, -0.05) is 40.2 Å². The quantitative estimate of drug-likeness (QED) is 0.497.